The lowest BCUT2D eigenvalue weighted by Crippen LogP contribution is -2.34. The molecule has 0 saturated carbocycles. The van der Waals surface area contributed by atoms with E-state index in [0.717, 1.165) is 5.56 Å². The van der Waals surface area contributed by atoms with Crippen molar-refractivity contribution in [2.24, 2.45) is 0 Å². The summed E-state index contributed by atoms with van der Waals surface area (Å²) in [6.07, 6.45) is -1.20. The van der Waals surface area contributed by atoms with Crippen LogP contribution >= 0.6 is 0 Å². The van der Waals surface area contributed by atoms with Crippen molar-refractivity contribution in [3.8, 4) is 11.3 Å². The van der Waals surface area contributed by atoms with Crippen molar-refractivity contribution in [1.82, 2.24) is 15.3 Å². The van der Waals surface area contributed by atoms with Gasteiger partial charge in [-0.25, -0.2) is 0 Å². The lowest BCUT2D eigenvalue weighted by molar-refractivity contribution is -0.123. The summed E-state index contributed by atoms with van der Waals surface area (Å²) in [6.45, 7) is 0.206. The molecule has 1 N–H and O–H groups in total. The highest BCUT2D eigenvalue weighted by Gasteiger charge is 2.28. The largest absolute Gasteiger partial charge is 0.405 e. The predicted octanol–water partition coefficient (Wildman–Crippen LogP) is 2.74. The first-order valence-electron chi connectivity index (χ1n) is 6.10. The Kier molecular flexibility index (Phi) is 4.21. The number of halogens is 3. The van der Waals surface area contributed by atoms with Gasteiger partial charge in [-0.1, -0.05) is 0 Å². The fraction of sp³-hybridized carbons (Fsp3) is 0.214. The molecule has 2 heterocycles. The molecule has 2 rings (SSSR count). The molecule has 0 spiro atoms. The molecule has 0 aromatic carbocycles. The molecule has 110 valence electrons. The zero-order chi connectivity index (χ0) is 15.5. The van der Waals surface area contributed by atoms with Crippen molar-refractivity contribution < 1.29 is 18.0 Å². The van der Waals surface area contributed by atoms with Crippen molar-refractivity contribution in [3.05, 3.63) is 47.9 Å². The lowest BCUT2D eigenvalue weighted by Gasteiger charge is -2.10. The van der Waals surface area contributed by atoms with Crippen LogP contribution < -0.4 is 5.32 Å². The molecule has 0 aliphatic rings. The number of carbonyl (C=O) groups is 1. The summed E-state index contributed by atoms with van der Waals surface area (Å²) in [6, 6.07) is 6.58. The van der Waals surface area contributed by atoms with Crippen LogP contribution in [-0.2, 0) is 0 Å². The molecule has 0 atom stereocenters. The summed E-state index contributed by atoms with van der Waals surface area (Å²) in [4.78, 5) is 19.9. The van der Waals surface area contributed by atoms with E-state index in [1.807, 2.05) is 5.32 Å². The molecule has 0 aliphatic heterocycles. The molecule has 0 unspecified atom stereocenters. The van der Waals surface area contributed by atoms with Gasteiger partial charge in [-0.05, 0) is 31.2 Å². The highest BCUT2D eigenvalue weighted by molar-refractivity contribution is 5.95. The molecule has 4 nitrogen and oxygen atoms in total. The first-order valence-corrected chi connectivity index (χ1v) is 6.10. The predicted molar refractivity (Wildman–Crippen MR) is 70.6 cm³/mol. The SMILES string of the molecule is Cc1nc(-c2cccnc2)ccc1C(=O)NCC(F)(F)F. The number of alkyl halides is 3. The van der Waals surface area contributed by atoms with Gasteiger partial charge in [0.05, 0.1) is 17.0 Å². The highest BCUT2D eigenvalue weighted by Crippen LogP contribution is 2.18. The van der Waals surface area contributed by atoms with E-state index in [2.05, 4.69) is 9.97 Å². The Balaban J connectivity index is 2.18. The third-order valence-corrected chi connectivity index (χ3v) is 2.74. The Hall–Kier alpha value is -2.44. The van der Waals surface area contributed by atoms with Crippen LogP contribution in [0.1, 0.15) is 16.1 Å². The fourth-order valence-corrected chi connectivity index (χ4v) is 1.75. The number of nitrogens with zero attached hydrogens (tertiary/aromatic N) is 2. The summed E-state index contributed by atoms with van der Waals surface area (Å²) in [5.74, 6) is -0.796. The van der Waals surface area contributed by atoms with Crippen LogP contribution in [0.2, 0.25) is 0 Å². The van der Waals surface area contributed by atoms with Crippen LogP contribution in [0.5, 0.6) is 0 Å². The number of carbonyl (C=O) groups excluding carboxylic acids is 1. The number of nitrogens with one attached hydrogen (secondary N) is 1. The maximum absolute atomic E-state index is 12.1. The minimum atomic E-state index is -4.44. The molecule has 0 aliphatic carbocycles. The van der Waals surface area contributed by atoms with Crippen molar-refractivity contribution in [2.75, 3.05) is 6.54 Å². The normalized spacial score (nSPS) is 11.2. The number of amides is 1. The molecular formula is C14H12F3N3O. The summed E-state index contributed by atoms with van der Waals surface area (Å²) in [5, 5.41) is 1.82. The van der Waals surface area contributed by atoms with Crippen LogP contribution in [0.3, 0.4) is 0 Å². The summed E-state index contributed by atoms with van der Waals surface area (Å²) >= 11 is 0. The van der Waals surface area contributed by atoms with Gasteiger partial charge in [-0.3, -0.25) is 14.8 Å². The molecule has 21 heavy (non-hydrogen) atoms. The quantitative estimate of drug-likeness (QED) is 0.947. The number of aromatic nitrogens is 2. The van der Waals surface area contributed by atoms with E-state index in [1.54, 1.807) is 37.5 Å². The second kappa shape index (κ2) is 5.90. The van der Waals surface area contributed by atoms with Gasteiger partial charge < -0.3 is 5.32 Å². The molecule has 7 heteroatoms. The van der Waals surface area contributed by atoms with Crippen molar-refractivity contribution in [2.45, 2.75) is 13.1 Å². The van der Waals surface area contributed by atoms with Gasteiger partial charge in [0.2, 0.25) is 0 Å². The Bertz CT molecular complexity index is 642. The van der Waals surface area contributed by atoms with Crippen LogP contribution in [0.4, 0.5) is 13.2 Å². The molecule has 0 radical (unpaired) electrons. The van der Waals surface area contributed by atoms with Crippen LogP contribution in [0.25, 0.3) is 11.3 Å². The van der Waals surface area contributed by atoms with E-state index in [4.69, 9.17) is 0 Å². The van der Waals surface area contributed by atoms with Crippen molar-refractivity contribution in [1.29, 1.82) is 0 Å². The minimum absolute atomic E-state index is 0.117. The molecule has 0 fully saturated rings. The standard InChI is InChI=1S/C14H12F3N3O/c1-9-11(13(21)19-8-14(15,16)17)4-5-12(20-9)10-3-2-6-18-7-10/h2-7H,8H2,1H3,(H,19,21). The maximum atomic E-state index is 12.1. The van der Waals surface area contributed by atoms with Crippen LogP contribution in [0.15, 0.2) is 36.7 Å². The Labute approximate surface area is 119 Å². The second-order valence-corrected chi connectivity index (χ2v) is 4.37. The van der Waals surface area contributed by atoms with Gasteiger partial charge in [-0.2, -0.15) is 13.2 Å². The monoisotopic (exact) mass is 295 g/mol. The van der Waals surface area contributed by atoms with E-state index >= 15 is 0 Å². The molecule has 2 aromatic rings. The van der Waals surface area contributed by atoms with E-state index in [9.17, 15) is 18.0 Å². The van der Waals surface area contributed by atoms with Gasteiger partial charge >= 0.3 is 6.18 Å². The van der Waals surface area contributed by atoms with Gasteiger partial charge in [0, 0.05) is 18.0 Å². The van der Waals surface area contributed by atoms with E-state index in [1.165, 1.54) is 6.07 Å². The second-order valence-electron chi connectivity index (χ2n) is 4.37. The molecule has 0 saturated heterocycles. The fourth-order valence-electron chi connectivity index (χ4n) is 1.75. The van der Waals surface area contributed by atoms with E-state index in [-0.39, 0.29) is 5.56 Å². The average Bonchev–Trinajstić information content (AvgIpc) is 2.45. The molecular weight excluding hydrogens is 283 g/mol. The Morgan fingerprint density at radius 1 is 1.29 bits per heavy atom. The zero-order valence-corrected chi connectivity index (χ0v) is 11.1. The van der Waals surface area contributed by atoms with Crippen molar-refractivity contribution in [3.63, 3.8) is 0 Å². The first-order chi connectivity index (χ1) is 9.87. The lowest BCUT2D eigenvalue weighted by atomic mass is 10.1. The summed E-state index contributed by atoms with van der Waals surface area (Å²) in [5.41, 5.74) is 1.85. The van der Waals surface area contributed by atoms with E-state index in [0.29, 0.717) is 11.4 Å². The minimum Gasteiger partial charge on any atom is -0.343 e. The topological polar surface area (TPSA) is 54.9 Å². The van der Waals surface area contributed by atoms with Crippen LogP contribution in [-0.4, -0.2) is 28.6 Å². The first kappa shape index (κ1) is 15.0. The van der Waals surface area contributed by atoms with Gasteiger partial charge in [0.15, 0.2) is 0 Å². The molecule has 2 aromatic heterocycles. The molecule has 0 bridgehead atoms. The summed E-state index contributed by atoms with van der Waals surface area (Å²) < 4.78 is 36.2. The Morgan fingerprint density at radius 2 is 2.05 bits per heavy atom. The smallest absolute Gasteiger partial charge is 0.343 e. The van der Waals surface area contributed by atoms with Gasteiger partial charge in [0.1, 0.15) is 6.54 Å². The summed E-state index contributed by atoms with van der Waals surface area (Å²) in [7, 11) is 0. The number of pyridine rings is 2. The molecule has 1 amide bonds. The zero-order valence-electron chi connectivity index (χ0n) is 11.1. The van der Waals surface area contributed by atoms with E-state index < -0.39 is 18.6 Å². The Morgan fingerprint density at radius 3 is 2.62 bits per heavy atom. The van der Waals surface area contributed by atoms with Crippen LogP contribution in [0, 0.1) is 6.92 Å². The van der Waals surface area contributed by atoms with Gasteiger partial charge in [-0.15, -0.1) is 0 Å². The number of hydrogen-bond donors (Lipinski definition) is 1. The van der Waals surface area contributed by atoms with Gasteiger partial charge in [0.25, 0.3) is 5.91 Å². The third-order valence-electron chi connectivity index (χ3n) is 2.74. The number of aryl methyl sites for hydroxylation is 1. The number of hydrogen-bond acceptors (Lipinski definition) is 3. The highest BCUT2D eigenvalue weighted by atomic mass is 19.4. The third kappa shape index (κ3) is 4.01. The number of rotatable bonds is 3. The van der Waals surface area contributed by atoms with Crippen molar-refractivity contribution >= 4 is 5.91 Å². The average molecular weight is 295 g/mol. The maximum Gasteiger partial charge on any atom is 0.405 e.